The van der Waals surface area contributed by atoms with Crippen LogP contribution in [0.2, 0.25) is 0 Å². The van der Waals surface area contributed by atoms with Crippen LogP contribution >= 0.6 is 24.0 Å². The van der Waals surface area contributed by atoms with Crippen LogP contribution in [-0.2, 0) is 11.3 Å². The Bertz CT molecular complexity index is 831. The van der Waals surface area contributed by atoms with E-state index in [4.69, 9.17) is 4.74 Å². The van der Waals surface area contributed by atoms with Crippen molar-refractivity contribution in [2.75, 3.05) is 19.6 Å². The van der Waals surface area contributed by atoms with Crippen molar-refractivity contribution in [3.05, 3.63) is 65.7 Å². The lowest BCUT2D eigenvalue weighted by atomic mass is 10.1. The first kappa shape index (κ1) is 27.7. The molecule has 1 amide bonds. The summed E-state index contributed by atoms with van der Waals surface area (Å²) in [6, 6.07) is 17.2. The number of hydrogen-bond donors (Lipinski definition) is 4. The lowest BCUT2D eigenvalue weighted by molar-refractivity contribution is -0.121. The molecule has 0 aliphatic carbocycles. The van der Waals surface area contributed by atoms with Crippen LogP contribution in [0.5, 0.6) is 5.75 Å². The minimum Gasteiger partial charge on any atom is -0.491 e. The second kappa shape index (κ2) is 15.5. The van der Waals surface area contributed by atoms with Gasteiger partial charge in [0.15, 0.2) is 5.96 Å². The van der Waals surface area contributed by atoms with Crippen molar-refractivity contribution in [1.29, 1.82) is 0 Å². The highest BCUT2D eigenvalue weighted by Crippen LogP contribution is 2.20. The highest BCUT2D eigenvalue weighted by Gasteiger charge is 2.10. The quantitative estimate of drug-likeness (QED) is 0.194. The maximum absolute atomic E-state index is 12.1. The third kappa shape index (κ3) is 10.8. The Labute approximate surface area is 208 Å². The monoisotopic (exact) mass is 554 g/mol. The van der Waals surface area contributed by atoms with E-state index in [0.29, 0.717) is 32.0 Å². The number of ether oxygens (including phenoxy) is 1. The molecule has 1 atom stereocenters. The summed E-state index contributed by atoms with van der Waals surface area (Å²) in [5.74, 6) is 1.25. The van der Waals surface area contributed by atoms with E-state index in [1.54, 1.807) is 0 Å². The van der Waals surface area contributed by atoms with Crippen molar-refractivity contribution in [2.24, 2.45) is 4.99 Å². The number of carbonyl (C=O) groups excluding carboxylic acids is 1. The van der Waals surface area contributed by atoms with Gasteiger partial charge in [0.1, 0.15) is 5.75 Å². The van der Waals surface area contributed by atoms with Gasteiger partial charge in [-0.25, -0.2) is 0 Å². The van der Waals surface area contributed by atoms with Crippen molar-refractivity contribution in [3.63, 3.8) is 0 Å². The number of benzene rings is 2. The molecule has 0 saturated carbocycles. The summed E-state index contributed by atoms with van der Waals surface area (Å²) >= 11 is 0. The van der Waals surface area contributed by atoms with Gasteiger partial charge in [-0.15, -0.1) is 24.0 Å². The third-order valence-corrected chi connectivity index (χ3v) is 4.36. The molecule has 32 heavy (non-hydrogen) atoms. The fourth-order valence-corrected chi connectivity index (χ4v) is 2.87. The Morgan fingerprint density at radius 1 is 1.06 bits per heavy atom. The third-order valence-electron chi connectivity index (χ3n) is 4.36. The molecule has 7 nitrogen and oxygen atoms in total. The highest BCUT2D eigenvalue weighted by molar-refractivity contribution is 14.0. The van der Waals surface area contributed by atoms with Crippen molar-refractivity contribution in [3.8, 4) is 5.75 Å². The summed E-state index contributed by atoms with van der Waals surface area (Å²) in [7, 11) is 0. The smallest absolute Gasteiger partial charge is 0.222 e. The van der Waals surface area contributed by atoms with Gasteiger partial charge in [0.2, 0.25) is 5.91 Å². The maximum atomic E-state index is 12.1. The molecule has 0 spiro atoms. The molecule has 0 bridgehead atoms. The Morgan fingerprint density at radius 2 is 1.81 bits per heavy atom. The minimum absolute atomic E-state index is 0. The fraction of sp³-hybridized carbons (Fsp3) is 0.417. The summed E-state index contributed by atoms with van der Waals surface area (Å²) in [6.07, 6.45) is -0.353. The Morgan fingerprint density at radius 3 is 2.50 bits per heavy atom. The van der Waals surface area contributed by atoms with Crippen LogP contribution in [0.25, 0.3) is 0 Å². The second-order valence-electron chi connectivity index (χ2n) is 7.41. The molecule has 2 aromatic carbocycles. The number of nitrogens with one attached hydrogen (secondary N) is 3. The summed E-state index contributed by atoms with van der Waals surface area (Å²) in [5, 5.41) is 19.7. The van der Waals surface area contributed by atoms with Gasteiger partial charge in [-0.3, -0.25) is 9.79 Å². The first-order valence-electron chi connectivity index (χ1n) is 10.8. The van der Waals surface area contributed by atoms with Gasteiger partial charge in [0.25, 0.3) is 0 Å². The van der Waals surface area contributed by atoms with E-state index in [9.17, 15) is 9.90 Å². The Hall–Kier alpha value is -2.33. The molecule has 2 rings (SSSR count). The Balaban J connectivity index is 0.00000512. The molecule has 176 valence electrons. The molecule has 0 aliphatic heterocycles. The van der Waals surface area contributed by atoms with E-state index in [0.717, 1.165) is 16.9 Å². The number of hydrogen-bond acceptors (Lipinski definition) is 4. The normalized spacial score (nSPS) is 12.0. The number of amides is 1. The zero-order valence-electron chi connectivity index (χ0n) is 19.0. The predicted octanol–water partition coefficient (Wildman–Crippen LogP) is 3.39. The maximum Gasteiger partial charge on any atom is 0.222 e. The molecule has 0 radical (unpaired) electrons. The molecular weight excluding hydrogens is 519 g/mol. The molecule has 0 fully saturated rings. The van der Waals surface area contributed by atoms with Crippen molar-refractivity contribution in [2.45, 2.75) is 45.9 Å². The van der Waals surface area contributed by atoms with Gasteiger partial charge in [-0.05, 0) is 44.0 Å². The molecule has 0 saturated heterocycles. The van der Waals surface area contributed by atoms with Crippen LogP contribution in [0.3, 0.4) is 0 Å². The van der Waals surface area contributed by atoms with Gasteiger partial charge < -0.3 is 25.8 Å². The van der Waals surface area contributed by atoms with Crippen LogP contribution in [0.1, 0.15) is 44.4 Å². The SMILES string of the molecule is CCNC(=NCC(O)c1cccc(OC(C)C)c1)NCCC(=O)NCc1ccccc1.I. The highest BCUT2D eigenvalue weighted by atomic mass is 127. The fourth-order valence-electron chi connectivity index (χ4n) is 2.87. The van der Waals surface area contributed by atoms with E-state index < -0.39 is 6.10 Å². The van der Waals surface area contributed by atoms with E-state index >= 15 is 0 Å². The van der Waals surface area contributed by atoms with Crippen LogP contribution in [-0.4, -0.2) is 42.7 Å². The zero-order valence-corrected chi connectivity index (χ0v) is 21.3. The lowest BCUT2D eigenvalue weighted by Crippen LogP contribution is -2.39. The van der Waals surface area contributed by atoms with E-state index in [2.05, 4.69) is 20.9 Å². The average molecular weight is 554 g/mol. The number of nitrogens with zero attached hydrogens (tertiary/aromatic N) is 1. The Kier molecular flexibility index (Phi) is 13.4. The average Bonchev–Trinajstić information content (AvgIpc) is 2.76. The molecule has 1 unspecified atom stereocenters. The van der Waals surface area contributed by atoms with Crippen LogP contribution in [0.15, 0.2) is 59.6 Å². The van der Waals surface area contributed by atoms with Gasteiger partial charge in [-0.1, -0.05) is 42.5 Å². The topological polar surface area (TPSA) is 95.0 Å². The lowest BCUT2D eigenvalue weighted by Gasteiger charge is -2.15. The summed E-state index contributed by atoms with van der Waals surface area (Å²) in [4.78, 5) is 16.5. The number of rotatable bonds is 11. The minimum atomic E-state index is -0.750. The largest absolute Gasteiger partial charge is 0.491 e. The van der Waals surface area contributed by atoms with Crippen LogP contribution < -0.4 is 20.7 Å². The number of guanidine groups is 1. The van der Waals surface area contributed by atoms with Crippen molar-refractivity contribution >= 4 is 35.8 Å². The van der Waals surface area contributed by atoms with Crippen molar-refractivity contribution in [1.82, 2.24) is 16.0 Å². The predicted molar refractivity (Wildman–Crippen MR) is 139 cm³/mol. The summed E-state index contributed by atoms with van der Waals surface area (Å²) in [6.45, 7) is 7.72. The molecule has 8 heteroatoms. The van der Waals surface area contributed by atoms with Gasteiger partial charge in [-0.2, -0.15) is 0 Å². The molecule has 0 aliphatic rings. The first-order chi connectivity index (χ1) is 15.0. The summed E-state index contributed by atoms with van der Waals surface area (Å²) < 4.78 is 5.68. The number of aliphatic hydroxyl groups is 1. The number of aliphatic imine (C=N–C) groups is 1. The number of carbonyl (C=O) groups is 1. The summed E-state index contributed by atoms with van der Waals surface area (Å²) in [5.41, 5.74) is 1.81. The molecule has 4 N–H and O–H groups in total. The van der Waals surface area contributed by atoms with Gasteiger partial charge in [0.05, 0.1) is 18.8 Å². The molecule has 0 heterocycles. The molecule has 0 aromatic heterocycles. The first-order valence-corrected chi connectivity index (χ1v) is 10.8. The standard InChI is InChI=1S/C24H34N4O3.HI/c1-4-25-24(26-14-13-23(30)27-16-19-9-6-5-7-10-19)28-17-22(29)20-11-8-12-21(15-20)31-18(2)3;/h5-12,15,18,22,29H,4,13-14,16-17H2,1-3H3,(H,27,30)(H2,25,26,28);1H. The van der Waals surface area contributed by atoms with E-state index in [-0.39, 0.29) is 42.5 Å². The van der Waals surface area contributed by atoms with Crippen LogP contribution in [0, 0.1) is 0 Å². The number of aliphatic hydroxyl groups excluding tert-OH is 1. The molecule has 2 aromatic rings. The van der Waals surface area contributed by atoms with E-state index in [1.807, 2.05) is 75.4 Å². The van der Waals surface area contributed by atoms with Gasteiger partial charge in [0, 0.05) is 26.1 Å². The van der Waals surface area contributed by atoms with Crippen LogP contribution in [0.4, 0.5) is 0 Å². The molecular formula is C24H35IN4O3. The second-order valence-corrected chi connectivity index (χ2v) is 7.41. The van der Waals surface area contributed by atoms with Crippen molar-refractivity contribution < 1.29 is 14.6 Å². The van der Waals surface area contributed by atoms with E-state index in [1.165, 1.54) is 0 Å². The number of halogens is 1. The zero-order chi connectivity index (χ0) is 22.5. The van der Waals surface area contributed by atoms with Gasteiger partial charge >= 0.3 is 0 Å².